The lowest BCUT2D eigenvalue weighted by Crippen LogP contribution is -2.51. The van der Waals surface area contributed by atoms with Crippen LogP contribution in [0.2, 0.25) is 0 Å². The van der Waals surface area contributed by atoms with Crippen molar-refractivity contribution in [3.05, 3.63) is 0 Å². The number of amides is 3. The summed E-state index contributed by atoms with van der Waals surface area (Å²) < 4.78 is 0. The van der Waals surface area contributed by atoms with E-state index in [0.717, 1.165) is 5.75 Å². The van der Waals surface area contributed by atoms with E-state index in [1.165, 1.54) is 13.8 Å². The van der Waals surface area contributed by atoms with Crippen LogP contribution in [0, 0.1) is 0 Å². The van der Waals surface area contributed by atoms with E-state index < -0.39 is 18.0 Å². The van der Waals surface area contributed by atoms with Gasteiger partial charge in [-0.3, -0.25) is 14.4 Å². The summed E-state index contributed by atoms with van der Waals surface area (Å²) in [7, 11) is 0. The molecule has 17 heavy (non-hydrogen) atoms. The maximum atomic E-state index is 11.8. The molecule has 0 fully saturated rings. The molecule has 0 aromatic heterocycles. The SMILES string of the molecule is CSCCC(NC(C)=O)C(=O)NC(C)C(N)=O. The summed E-state index contributed by atoms with van der Waals surface area (Å²) in [6.07, 6.45) is 2.42. The van der Waals surface area contributed by atoms with E-state index in [9.17, 15) is 14.4 Å². The van der Waals surface area contributed by atoms with Crippen molar-refractivity contribution in [2.24, 2.45) is 5.73 Å². The first kappa shape index (κ1) is 15.8. The van der Waals surface area contributed by atoms with E-state index in [4.69, 9.17) is 5.73 Å². The van der Waals surface area contributed by atoms with Gasteiger partial charge in [0.1, 0.15) is 12.1 Å². The Hall–Kier alpha value is -1.24. The highest BCUT2D eigenvalue weighted by atomic mass is 32.2. The van der Waals surface area contributed by atoms with Gasteiger partial charge in [0.15, 0.2) is 0 Å². The second-order valence-corrected chi connectivity index (χ2v) is 4.65. The Morgan fingerprint density at radius 3 is 2.29 bits per heavy atom. The lowest BCUT2D eigenvalue weighted by molar-refractivity contribution is -0.130. The first-order chi connectivity index (χ1) is 7.88. The third-order valence-electron chi connectivity index (χ3n) is 2.09. The Balaban J connectivity index is 4.40. The Labute approximate surface area is 105 Å². The van der Waals surface area contributed by atoms with Crippen molar-refractivity contribution in [2.75, 3.05) is 12.0 Å². The van der Waals surface area contributed by atoms with Crippen LogP contribution in [0.3, 0.4) is 0 Å². The highest BCUT2D eigenvalue weighted by Crippen LogP contribution is 2.01. The summed E-state index contributed by atoms with van der Waals surface area (Å²) in [6.45, 7) is 2.84. The fraction of sp³-hybridized carbons (Fsp3) is 0.700. The predicted molar refractivity (Wildman–Crippen MR) is 67.4 cm³/mol. The summed E-state index contributed by atoms with van der Waals surface area (Å²) >= 11 is 1.58. The topological polar surface area (TPSA) is 101 Å². The van der Waals surface area contributed by atoms with Gasteiger partial charge in [-0.15, -0.1) is 0 Å². The first-order valence-corrected chi connectivity index (χ1v) is 6.63. The first-order valence-electron chi connectivity index (χ1n) is 5.24. The number of nitrogens with one attached hydrogen (secondary N) is 2. The van der Waals surface area contributed by atoms with Crippen LogP contribution in [0.25, 0.3) is 0 Å². The average molecular weight is 261 g/mol. The van der Waals surface area contributed by atoms with Crippen LogP contribution in [0.5, 0.6) is 0 Å². The molecule has 0 spiro atoms. The van der Waals surface area contributed by atoms with Crippen LogP contribution < -0.4 is 16.4 Å². The molecule has 0 radical (unpaired) electrons. The fourth-order valence-corrected chi connectivity index (χ4v) is 1.61. The lowest BCUT2D eigenvalue weighted by Gasteiger charge is -2.19. The third kappa shape index (κ3) is 6.83. The molecule has 2 unspecified atom stereocenters. The van der Waals surface area contributed by atoms with Gasteiger partial charge >= 0.3 is 0 Å². The van der Waals surface area contributed by atoms with Crippen LogP contribution in [0.15, 0.2) is 0 Å². The molecular weight excluding hydrogens is 242 g/mol. The van der Waals surface area contributed by atoms with Crippen molar-refractivity contribution in [3.63, 3.8) is 0 Å². The van der Waals surface area contributed by atoms with Crippen LogP contribution in [-0.2, 0) is 14.4 Å². The maximum absolute atomic E-state index is 11.8. The molecule has 4 N–H and O–H groups in total. The van der Waals surface area contributed by atoms with E-state index in [1.54, 1.807) is 11.8 Å². The van der Waals surface area contributed by atoms with Crippen LogP contribution in [0.4, 0.5) is 0 Å². The molecule has 0 rings (SSSR count). The Morgan fingerprint density at radius 2 is 1.88 bits per heavy atom. The number of carbonyl (C=O) groups is 3. The van der Waals surface area contributed by atoms with Gasteiger partial charge in [0.2, 0.25) is 17.7 Å². The van der Waals surface area contributed by atoms with Crippen molar-refractivity contribution in [3.8, 4) is 0 Å². The standard InChI is InChI=1S/C10H19N3O3S/c1-6(9(11)15)12-10(16)8(4-5-17-3)13-7(2)14/h6,8H,4-5H2,1-3H3,(H2,11,15)(H,12,16)(H,13,14). The minimum absolute atomic E-state index is 0.280. The summed E-state index contributed by atoms with van der Waals surface area (Å²) in [5.41, 5.74) is 5.04. The van der Waals surface area contributed by atoms with Gasteiger partial charge in [0.05, 0.1) is 0 Å². The Bertz CT molecular complexity index is 297. The van der Waals surface area contributed by atoms with Gasteiger partial charge in [-0.1, -0.05) is 0 Å². The van der Waals surface area contributed by atoms with Crippen LogP contribution in [0.1, 0.15) is 20.3 Å². The molecule has 0 bridgehead atoms. The monoisotopic (exact) mass is 261 g/mol. The van der Waals surface area contributed by atoms with E-state index in [-0.39, 0.29) is 11.8 Å². The van der Waals surface area contributed by atoms with Crippen LogP contribution in [-0.4, -0.2) is 41.8 Å². The minimum Gasteiger partial charge on any atom is -0.368 e. The summed E-state index contributed by atoms with van der Waals surface area (Å²) in [5, 5.41) is 5.00. The van der Waals surface area contributed by atoms with Crippen molar-refractivity contribution in [2.45, 2.75) is 32.4 Å². The molecule has 0 heterocycles. The predicted octanol–water partition coefficient (Wildman–Crippen LogP) is -0.766. The zero-order chi connectivity index (χ0) is 13.4. The lowest BCUT2D eigenvalue weighted by atomic mass is 10.2. The number of nitrogens with two attached hydrogens (primary N) is 1. The molecule has 0 aliphatic carbocycles. The molecule has 0 saturated carbocycles. The van der Waals surface area contributed by atoms with Gasteiger partial charge in [-0.25, -0.2) is 0 Å². The highest BCUT2D eigenvalue weighted by Gasteiger charge is 2.21. The molecule has 98 valence electrons. The van der Waals surface area contributed by atoms with Crippen LogP contribution >= 0.6 is 11.8 Å². The second kappa shape index (κ2) is 7.94. The number of hydrogen-bond donors (Lipinski definition) is 3. The quantitative estimate of drug-likeness (QED) is 0.560. The zero-order valence-electron chi connectivity index (χ0n) is 10.3. The Morgan fingerprint density at radius 1 is 1.29 bits per heavy atom. The third-order valence-corrected chi connectivity index (χ3v) is 2.73. The summed E-state index contributed by atoms with van der Waals surface area (Å²) in [5.74, 6) is -0.535. The van der Waals surface area contributed by atoms with E-state index >= 15 is 0 Å². The van der Waals surface area contributed by atoms with Gasteiger partial charge < -0.3 is 16.4 Å². The molecule has 0 aromatic carbocycles. The molecule has 7 heteroatoms. The van der Waals surface area contributed by atoms with Crippen molar-refractivity contribution >= 4 is 29.5 Å². The van der Waals surface area contributed by atoms with Gasteiger partial charge in [0, 0.05) is 6.92 Å². The van der Waals surface area contributed by atoms with E-state index in [1.807, 2.05) is 6.26 Å². The van der Waals surface area contributed by atoms with Gasteiger partial charge in [0.25, 0.3) is 0 Å². The molecule has 3 amide bonds. The summed E-state index contributed by atoms with van der Waals surface area (Å²) in [4.78, 5) is 33.5. The van der Waals surface area contributed by atoms with Crippen molar-refractivity contribution in [1.29, 1.82) is 0 Å². The van der Waals surface area contributed by atoms with Gasteiger partial charge in [-0.05, 0) is 25.4 Å². The van der Waals surface area contributed by atoms with E-state index in [2.05, 4.69) is 10.6 Å². The number of hydrogen-bond acceptors (Lipinski definition) is 4. The molecule has 0 aromatic rings. The number of primary amides is 1. The van der Waals surface area contributed by atoms with E-state index in [0.29, 0.717) is 6.42 Å². The second-order valence-electron chi connectivity index (χ2n) is 3.67. The molecule has 6 nitrogen and oxygen atoms in total. The normalized spacial score (nSPS) is 13.6. The number of rotatable bonds is 7. The number of thioether (sulfide) groups is 1. The summed E-state index contributed by atoms with van der Waals surface area (Å²) in [6, 6.07) is -1.37. The average Bonchev–Trinajstić information content (AvgIpc) is 2.23. The molecule has 0 aliphatic heterocycles. The molecule has 2 atom stereocenters. The highest BCUT2D eigenvalue weighted by molar-refractivity contribution is 7.98. The molecule has 0 aliphatic rings. The van der Waals surface area contributed by atoms with Crippen molar-refractivity contribution in [1.82, 2.24) is 10.6 Å². The van der Waals surface area contributed by atoms with Crippen molar-refractivity contribution < 1.29 is 14.4 Å². The van der Waals surface area contributed by atoms with Gasteiger partial charge in [-0.2, -0.15) is 11.8 Å². The fourth-order valence-electron chi connectivity index (χ4n) is 1.13. The maximum Gasteiger partial charge on any atom is 0.243 e. The number of carbonyl (C=O) groups excluding carboxylic acids is 3. The smallest absolute Gasteiger partial charge is 0.243 e. The molecular formula is C10H19N3O3S. The molecule has 0 saturated heterocycles. The largest absolute Gasteiger partial charge is 0.368 e. The minimum atomic E-state index is -0.743. The Kier molecular flexibility index (Phi) is 7.36. The zero-order valence-corrected chi connectivity index (χ0v) is 11.1.